The van der Waals surface area contributed by atoms with Gasteiger partial charge in [0.1, 0.15) is 0 Å². The molecule has 0 aromatic carbocycles. The first-order valence-electron chi connectivity index (χ1n) is 5.07. The van der Waals surface area contributed by atoms with Crippen molar-refractivity contribution in [1.29, 1.82) is 0 Å². The number of anilines is 1. The molecule has 0 atom stereocenters. The third-order valence-electron chi connectivity index (χ3n) is 2.50. The van der Waals surface area contributed by atoms with E-state index in [-0.39, 0.29) is 5.60 Å². The first-order chi connectivity index (χ1) is 7.07. The highest BCUT2D eigenvalue weighted by Gasteiger charge is 2.27. The summed E-state index contributed by atoms with van der Waals surface area (Å²) >= 11 is 0. The Morgan fingerprint density at radius 1 is 1.53 bits per heavy atom. The molecule has 1 saturated heterocycles. The Morgan fingerprint density at radius 3 is 3.00 bits per heavy atom. The van der Waals surface area contributed by atoms with Crippen molar-refractivity contribution in [2.75, 3.05) is 24.6 Å². The fourth-order valence-electron chi connectivity index (χ4n) is 1.83. The van der Waals surface area contributed by atoms with E-state index in [4.69, 9.17) is 4.74 Å². The lowest BCUT2D eigenvalue weighted by Crippen LogP contribution is -2.48. The molecule has 2 heterocycles. The van der Waals surface area contributed by atoms with E-state index in [0.29, 0.717) is 6.61 Å². The summed E-state index contributed by atoms with van der Waals surface area (Å²) in [7, 11) is 0. The number of pyridine rings is 1. The average Bonchev–Trinajstić information content (AvgIpc) is 2.16. The van der Waals surface area contributed by atoms with Crippen molar-refractivity contribution < 1.29 is 9.13 Å². The van der Waals surface area contributed by atoms with Crippen LogP contribution in [-0.4, -0.2) is 30.3 Å². The minimum Gasteiger partial charge on any atom is -0.372 e. The predicted octanol–water partition coefficient (Wildman–Crippen LogP) is 1.84. The van der Waals surface area contributed by atoms with Crippen LogP contribution in [0.25, 0.3) is 0 Å². The maximum atomic E-state index is 12.9. The van der Waals surface area contributed by atoms with Crippen LogP contribution in [0.1, 0.15) is 13.8 Å². The van der Waals surface area contributed by atoms with E-state index in [1.54, 1.807) is 0 Å². The highest BCUT2D eigenvalue weighted by Crippen LogP contribution is 2.22. The Morgan fingerprint density at radius 2 is 2.33 bits per heavy atom. The van der Waals surface area contributed by atoms with Crippen LogP contribution in [0.5, 0.6) is 0 Å². The van der Waals surface area contributed by atoms with Crippen LogP contribution >= 0.6 is 0 Å². The van der Waals surface area contributed by atoms with Gasteiger partial charge in [0.15, 0.2) is 0 Å². The molecule has 0 spiro atoms. The maximum Gasteiger partial charge on any atom is 0.214 e. The molecule has 1 aliphatic heterocycles. The molecular formula is C11H15FN2O. The smallest absolute Gasteiger partial charge is 0.214 e. The fraction of sp³-hybridized carbons (Fsp3) is 0.545. The van der Waals surface area contributed by atoms with Crippen molar-refractivity contribution in [2.45, 2.75) is 19.4 Å². The second kappa shape index (κ2) is 3.77. The fourth-order valence-corrected chi connectivity index (χ4v) is 1.83. The zero-order valence-corrected chi connectivity index (χ0v) is 9.03. The number of halogens is 1. The lowest BCUT2D eigenvalue weighted by molar-refractivity contribution is -0.0277. The van der Waals surface area contributed by atoms with E-state index in [2.05, 4.69) is 9.88 Å². The molecule has 3 nitrogen and oxygen atoms in total. The highest BCUT2D eigenvalue weighted by atomic mass is 19.1. The molecule has 1 aliphatic rings. The molecule has 0 amide bonds. The number of aromatic nitrogens is 1. The molecule has 0 unspecified atom stereocenters. The number of rotatable bonds is 1. The van der Waals surface area contributed by atoms with Gasteiger partial charge in [-0.05, 0) is 19.9 Å². The third kappa shape index (κ3) is 2.45. The van der Waals surface area contributed by atoms with E-state index >= 15 is 0 Å². The summed E-state index contributed by atoms with van der Waals surface area (Å²) in [6.45, 7) is 6.33. The van der Waals surface area contributed by atoms with E-state index in [9.17, 15) is 4.39 Å². The molecule has 1 aromatic heterocycles. The van der Waals surface area contributed by atoms with Crippen LogP contribution < -0.4 is 4.90 Å². The zero-order chi connectivity index (χ0) is 10.9. The largest absolute Gasteiger partial charge is 0.372 e. The van der Waals surface area contributed by atoms with Gasteiger partial charge in [0, 0.05) is 31.0 Å². The molecule has 0 N–H and O–H groups in total. The van der Waals surface area contributed by atoms with E-state index in [1.165, 1.54) is 12.3 Å². The predicted molar refractivity (Wildman–Crippen MR) is 56.4 cm³/mol. The standard InChI is InChI=1S/C11H15FN2O/c1-11(2)8-14(5-6-15-11)9-3-4-13-10(12)7-9/h3-4,7H,5-6,8H2,1-2H3. The molecule has 1 fully saturated rings. The summed E-state index contributed by atoms with van der Waals surface area (Å²) < 4.78 is 18.5. The summed E-state index contributed by atoms with van der Waals surface area (Å²) in [5.41, 5.74) is 0.705. The minimum absolute atomic E-state index is 0.169. The van der Waals surface area contributed by atoms with Gasteiger partial charge in [-0.3, -0.25) is 0 Å². The van der Waals surface area contributed by atoms with Crippen LogP contribution in [0.2, 0.25) is 0 Å². The first-order valence-corrected chi connectivity index (χ1v) is 5.07. The Balaban J connectivity index is 2.17. The quantitative estimate of drug-likeness (QED) is 0.661. The van der Waals surface area contributed by atoms with Gasteiger partial charge < -0.3 is 9.64 Å². The number of hydrogen-bond acceptors (Lipinski definition) is 3. The highest BCUT2D eigenvalue weighted by molar-refractivity contribution is 5.45. The summed E-state index contributed by atoms with van der Waals surface area (Å²) in [5, 5.41) is 0. The van der Waals surface area contributed by atoms with E-state index in [0.717, 1.165) is 18.8 Å². The van der Waals surface area contributed by atoms with Gasteiger partial charge in [-0.15, -0.1) is 0 Å². The second-order valence-electron chi connectivity index (χ2n) is 4.37. The van der Waals surface area contributed by atoms with Crippen molar-refractivity contribution in [3.63, 3.8) is 0 Å². The Kier molecular flexibility index (Phi) is 2.61. The molecule has 15 heavy (non-hydrogen) atoms. The monoisotopic (exact) mass is 210 g/mol. The van der Waals surface area contributed by atoms with Crippen molar-refractivity contribution in [3.8, 4) is 0 Å². The summed E-state index contributed by atoms with van der Waals surface area (Å²) in [6, 6.07) is 3.28. The molecule has 4 heteroatoms. The van der Waals surface area contributed by atoms with Gasteiger partial charge in [0.25, 0.3) is 0 Å². The Hall–Kier alpha value is -1.16. The lowest BCUT2D eigenvalue weighted by Gasteiger charge is -2.39. The zero-order valence-electron chi connectivity index (χ0n) is 9.03. The molecule has 0 radical (unpaired) electrons. The molecule has 82 valence electrons. The number of hydrogen-bond donors (Lipinski definition) is 0. The van der Waals surface area contributed by atoms with E-state index in [1.807, 2.05) is 19.9 Å². The molecule has 2 rings (SSSR count). The van der Waals surface area contributed by atoms with Crippen LogP contribution in [0.4, 0.5) is 10.1 Å². The maximum absolute atomic E-state index is 12.9. The van der Waals surface area contributed by atoms with Gasteiger partial charge in [0.2, 0.25) is 5.95 Å². The Bertz CT molecular complexity index is 354. The molecule has 0 saturated carbocycles. The van der Waals surface area contributed by atoms with E-state index < -0.39 is 5.95 Å². The number of morpholine rings is 1. The summed E-state index contributed by atoms with van der Waals surface area (Å²) in [4.78, 5) is 5.67. The van der Waals surface area contributed by atoms with Crippen molar-refractivity contribution in [2.24, 2.45) is 0 Å². The third-order valence-corrected chi connectivity index (χ3v) is 2.50. The van der Waals surface area contributed by atoms with Crippen LogP contribution in [-0.2, 0) is 4.74 Å². The van der Waals surface area contributed by atoms with Gasteiger partial charge in [-0.25, -0.2) is 4.98 Å². The average molecular weight is 210 g/mol. The number of ether oxygens (including phenoxy) is 1. The molecule has 0 bridgehead atoms. The van der Waals surface area contributed by atoms with Gasteiger partial charge in [-0.2, -0.15) is 4.39 Å². The summed E-state index contributed by atoms with van der Waals surface area (Å²) in [6.07, 6.45) is 1.49. The van der Waals surface area contributed by atoms with Crippen LogP contribution in [0.3, 0.4) is 0 Å². The molecule has 1 aromatic rings. The normalized spacial score (nSPS) is 20.3. The topological polar surface area (TPSA) is 25.4 Å². The second-order valence-corrected chi connectivity index (χ2v) is 4.37. The van der Waals surface area contributed by atoms with Crippen LogP contribution in [0.15, 0.2) is 18.3 Å². The van der Waals surface area contributed by atoms with Gasteiger partial charge >= 0.3 is 0 Å². The Labute approximate surface area is 88.9 Å². The molecular weight excluding hydrogens is 195 g/mol. The SMILES string of the molecule is CC1(C)CN(c2ccnc(F)c2)CCO1. The van der Waals surface area contributed by atoms with Crippen molar-refractivity contribution >= 4 is 5.69 Å². The van der Waals surface area contributed by atoms with Crippen LogP contribution in [0, 0.1) is 5.95 Å². The summed E-state index contributed by atoms with van der Waals surface area (Å²) in [5.74, 6) is -0.434. The minimum atomic E-state index is -0.434. The first kappa shape index (κ1) is 10.4. The van der Waals surface area contributed by atoms with Gasteiger partial charge in [0.05, 0.1) is 12.2 Å². The van der Waals surface area contributed by atoms with Crippen molar-refractivity contribution in [1.82, 2.24) is 4.98 Å². The molecule has 0 aliphatic carbocycles. The van der Waals surface area contributed by atoms with Gasteiger partial charge in [-0.1, -0.05) is 0 Å². The number of nitrogens with zero attached hydrogens (tertiary/aromatic N) is 2. The lowest BCUT2D eigenvalue weighted by atomic mass is 10.1. The van der Waals surface area contributed by atoms with Crippen molar-refractivity contribution in [3.05, 3.63) is 24.3 Å².